The molecule has 0 amide bonds. The Kier molecular flexibility index (Phi) is 12.0. The minimum absolute atomic E-state index is 0.182. The van der Waals surface area contributed by atoms with Gasteiger partial charge in [0, 0.05) is 26.1 Å². The highest BCUT2D eigenvalue weighted by Crippen LogP contribution is 2.29. The number of nitriles is 3. The predicted octanol–water partition coefficient (Wildman–Crippen LogP) is 4.06. The van der Waals surface area contributed by atoms with Crippen molar-refractivity contribution in [3.8, 4) is 24.0 Å². The molecule has 0 aliphatic carbocycles. The van der Waals surface area contributed by atoms with Gasteiger partial charge in [0.1, 0.15) is 36.1 Å². The fourth-order valence-electron chi connectivity index (χ4n) is 3.77. The Morgan fingerprint density at radius 3 is 2.58 bits per heavy atom. The van der Waals surface area contributed by atoms with E-state index < -0.39 is 5.41 Å². The summed E-state index contributed by atoms with van der Waals surface area (Å²) in [5.41, 5.74) is 0.739. The van der Waals surface area contributed by atoms with Crippen molar-refractivity contribution in [3.63, 3.8) is 0 Å². The highest BCUT2D eigenvalue weighted by atomic mass is 16.5. The molecular formula is C29H38N6O3. The summed E-state index contributed by atoms with van der Waals surface area (Å²) in [5.74, 6) is 1.33. The third kappa shape index (κ3) is 8.99. The van der Waals surface area contributed by atoms with Crippen molar-refractivity contribution in [2.45, 2.75) is 65.0 Å². The lowest BCUT2D eigenvalue weighted by Gasteiger charge is -2.27. The SMILES string of the molecule is CCC(C)(C)OCN(C)Cc1cc(OCCCNC2=NCCC(C(C#N)(C#N)C#N)=C2)ccc1CCC=O. The van der Waals surface area contributed by atoms with Gasteiger partial charge in [-0.15, -0.1) is 0 Å². The van der Waals surface area contributed by atoms with Crippen LogP contribution in [0, 0.1) is 39.4 Å². The number of nitrogens with zero attached hydrogens (tertiary/aromatic N) is 5. The van der Waals surface area contributed by atoms with Crippen LogP contribution in [-0.2, 0) is 22.5 Å². The van der Waals surface area contributed by atoms with Crippen LogP contribution >= 0.6 is 0 Å². The van der Waals surface area contributed by atoms with Gasteiger partial charge in [-0.25, -0.2) is 0 Å². The first-order valence-electron chi connectivity index (χ1n) is 13.0. The Labute approximate surface area is 226 Å². The van der Waals surface area contributed by atoms with Crippen molar-refractivity contribution >= 4 is 12.1 Å². The number of amidine groups is 1. The molecule has 9 heteroatoms. The number of ether oxygens (including phenoxy) is 2. The monoisotopic (exact) mass is 518 g/mol. The topological polar surface area (TPSA) is 135 Å². The maximum Gasteiger partial charge on any atom is 0.250 e. The summed E-state index contributed by atoms with van der Waals surface area (Å²) in [7, 11) is 2.01. The van der Waals surface area contributed by atoms with Crippen molar-refractivity contribution in [2.24, 2.45) is 10.4 Å². The standard InChI is InChI=1S/C29H38N6O3/c1-5-28(2,3)38-22-35(4)18-24-16-26(10-9-23(24)8-6-14-36)37-15-7-12-33-27-17-25(11-13-34-27)29(19-30,20-31)21-32/h9-10,14,16-17H,5-8,11-13,15,18,22H2,1-4H3,(H,33,34). The Bertz CT molecular complexity index is 1100. The Morgan fingerprint density at radius 2 is 1.92 bits per heavy atom. The molecule has 0 unspecified atom stereocenters. The van der Waals surface area contributed by atoms with Crippen molar-refractivity contribution in [3.05, 3.63) is 41.0 Å². The van der Waals surface area contributed by atoms with Crippen LogP contribution in [0.1, 0.15) is 57.6 Å². The zero-order chi connectivity index (χ0) is 28.0. The van der Waals surface area contributed by atoms with E-state index in [9.17, 15) is 20.6 Å². The maximum absolute atomic E-state index is 10.9. The molecule has 1 aliphatic heterocycles. The number of hydrogen-bond donors (Lipinski definition) is 1. The second-order valence-electron chi connectivity index (χ2n) is 9.94. The summed E-state index contributed by atoms with van der Waals surface area (Å²) in [6.45, 7) is 8.92. The van der Waals surface area contributed by atoms with Crippen LogP contribution in [0.2, 0.25) is 0 Å². The van der Waals surface area contributed by atoms with Crippen LogP contribution in [0.25, 0.3) is 0 Å². The number of nitrogens with one attached hydrogen (secondary N) is 1. The summed E-state index contributed by atoms with van der Waals surface area (Å²) in [6, 6.07) is 11.5. The van der Waals surface area contributed by atoms with Gasteiger partial charge in [0.2, 0.25) is 5.41 Å². The fourth-order valence-corrected chi connectivity index (χ4v) is 3.77. The predicted molar refractivity (Wildman–Crippen MR) is 145 cm³/mol. The number of benzene rings is 1. The van der Waals surface area contributed by atoms with Gasteiger partial charge in [0.05, 0.1) is 18.9 Å². The van der Waals surface area contributed by atoms with Crippen molar-refractivity contribution in [1.82, 2.24) is 10.2 Å². The normalized spacial score (nSPS) is 13.5. The lowest BCUT2D eigenvalue weighted by molar-refractivity contribution is -0.107. The third-order valence-corrected chi connectivity index (χ3v) is 6.53. The number of aliphatic imine (C=N–C) groups is 1. The van der Waals surface area contributed by atoms with Gasteiger partial charge < -0.3 is 19.6 Å². The summed E-state index contributed by atoms with van der Waals surface area (Å²) in [4.78, 5) is 17.4. The van der Waals surface area contributed by atoms with E-state index in [4.69, 9.17) is 9.47 Å². The van der Waals surface area contributed by atoms with E-state index in [1.54, 1.807) is 6.08 Å². The van der Waals surface area contributed by atoms with Crippen molar-refractivity contribution < 1.29 is 14.3 Å². The quantitative estimate of drug-likeness (QED) is 0.209. The maximum atomic E-state index is 10.9. The molecule has 1 aromatic carbocycles. The lowest BCUT2D eigenvalue weighted by Crippen LogP contribution is -2.31. The lowest BCUT2D eigenvalue weighted by atomic mass is 9.81. The second-order valence-corrected chi connectivity index (χ2v) is 9.94. The van der Waals surface area contributed by atoms with Crippen LogP contribution in [0.15, 0.2) is 34.8 Å². The zero-order valence-electron chi connectivity index (χ0n) is 22.9. The summed E-state index contributed by atoms with van der Waals surface area (Å²) in [5, 5.41) is 31.2. The minimum Gasteiger partial charge on any atom is -0.494 e. The van der Waals surface area contributed by atoms with Crippen LogP contribution in [-0.4, -0.2) is 56.1 Å². The first-order valence-corrected chi connectivity index (χ1v) is 13.0. The summed E-state index contributed by atoms with van der Waals surface area (Å²) in [6.07, 6.45) is 5.76. The highest BCUT2D eigenvalue weighted by molar-refractivity contribution is 5.94. The van der Waals surface area contributed by atoms with E-state index >= 15 is 0 Å². The van der Waals surface area contributed by atoms with E-state index in [0.717, 1.165) is 29.6 Å². The molecule has 2 rings (SSSR count). The second kappa shape index (κ2) is 14.9. The molecule has 38 heavy (non-hydrogen) atoms. The van der Waals surface area contributed by atoms with Crippen LogP contribution < -0.4 is 10.1 Å². The van der Waals surface area contributed by atoms with Crippen LogP contribution in [0.5, 0.6) is 5.75 Å². The molecule has 0 fully saturated rings. The van der Waals surface area contributed by atoms with E-state index in [1.165, 1.54) is 0 Å². The number of dihydropyridines is 1. The molecule has 0 atom stereocenters. The largest absolute Gasteiger partial charge is 0.494 e. The van der Waals surface area contributed by atoms with Crippen molar-refractivity contribution in [1.29, 1.82) is 15.8 Å². The molecule has 0 saturated carbocycles. The number of hydrogen-bond acceptors (Lipinski definition) is 9. The average Bonchev–Trinajstić information content (AvgIpc) is 2.93. The van der Waals surface area contributed by atoms with Crippen LogP contribution in [0.4, 0.5) is 0 Å². The van der Waals surface area contributed by atoms with Gasteiger partial charge in [-0.1, -0.05) is 13.0 Å². The van der Waals surface area contributed by atoms with E-state index in [2.05, 4.69) is 36.0 Å². The number of carbonyl (C=O) groups excluding carboxylic acids is 1. The number of carbonyl (C=O) groups is 1. The van der Waals surface area contributed by atoms with Crippen LogP contribution in [0.3, 0.4) is 0 Å². The molecule has 1 aromatic rings. The van der Waals surface area contributed by atoms with E-state index in [0.29, 0.717) is 70.1 Å². The molecule has 202 valence electrons. The first kappa shape index (κ1) is 30.5. The Balaban J connectivity index is 1.92. The van der Waals surface area contributed by atoms with E-state index in [-0.39, 0.29) is 5.60 Å². The van der Waals surface area contributed by atoms with Gasteiger partial charge in [0.15, 0.2) is 0 Å². The molecule has 0 saturated heterocycles. The van der Waals surface area contributed by atoms with Gasteiger partial charge in [-0.3, -0.25) is 9.89 Å². The van der Waals surface area contributed by atoms with Gasteiger partial charge >= 0.3 is 0 Å². The molecule has 0 spiro atoms. The number of rotatable bonds is 15. The Hall–Kier alpha value is -3.71. The Morgan fingerprint density at radius 1 is 1.18 bits per heavy atom. The molecule has 0 bridgehead atoms. The molecule has 1 heterocycles. The number of aldehydes is 1. The minimum atomic E-state index is -1.77. The van der Waals surface area contributed by atoms with E-state index in [1.807, 2.05) is 43.5 Å². The number of aryl methyl sites for hydroxylation is 1. The van der Waals surface area contributed by atoms with Gasteiger partial charge in [0.25, 0.3) is 0 Å². The smallest absolute Gasteiger partial charge is 0.250 e. The summed E-state index contributed by atoms with van der Waals surface area (Å²) < 4.78 is 12.0. The van der Waals surface area contributed by atoms with Gasteiger partial charge in [-0.05, 0) is 81.5 Å². The molecule has 1 aliphatic rings. The molecular weight excluding hydrogens is 480 g/mol. The third-order valence-electron chi connectivity index (χ3n) is 6.53. The van der Waals surface area contributed by atoms with Gasteiger partial charge in [-0.2, -0.15) is 15.8 Å². The summed E-state index contributed by atoms with van der Waals surface area (Å²) >= 11 is 0. The average molecular weight is 519 g/mol. The van der Waals surface area contributed by atoms with Crippen molar-refractivity contribution in [2.75, 3.05) is 33.5 Å². The first-order chi connectivity index (χ1) is 18.2. The molecule has 0 radical (unpaired) electrons. The molecule has 9 nitrogen and oxygen atoms in total. The molecule has 1 N–H and O–H groups in total. The molecule has 0 aromatic heterocycles. The fraction of sp³-hybridized carbons (Fsp3) is 0.552. The zero-order valence-corrected chi connectivity index (χ0v) is 22.9. The highest BCUT2D eigenvalue weighted by Gasteiger charge is 2.35.